The summed E-state index contributed by atoms with van der Waals surface area (Å²) in [6.45, 7) is 5.87. The van der Waals surface area contributed by atoms with E-state index in [-0.39, 0.29) is 18.2 Å². The number of halogens is 1. The lowest BCUT2D eigenvalue weighted by molar-refractivity contribution is -0.136. The highest BCUT2D eigenvalue weighted by Crippen LogP contribution is 2.34. The molecule has 5 nitrogen and oxygen atoms in total. The number of benzene rings is 2. The predicted molar refractivity (Wildman–Crippen MR) is 105 cm³/mol. The largest absolute Gasteiger partial charge is 0.340 e. The standard InChI is InChI=1S/C22H24FN3O2/c1-15-4-2-3-5-16(15)14-25-8-10-26(11-9-25)22(28)19-13-21(27)24-20-12-17(23)6-7-18(19)20/h2-7,12,19H,8-11,13-14H2,1H3,(H,24,27). The summed E-state index contributed by atoms with van der Waals surface area (Å²) in [5, 5.41) is 2.67. The highest BCUT2D eigenvalue weighted by atomic mass is 19.1. The van der Waals surface area contributed by atoms with Crippen molar-refractivity contribution in [3.05, 3.63) is 65.0 Å². The van der Waals surface area contributed by atoms with Crippen molar-refractivity contribution in [2.45, 2.75) is 25.8 Å². The molecule has 0 aromatic heterocycles. The number of aryl methyl sites for hydroxylation is 1. The Hall–Kier alpha value is -2.73. The Morgan fingerprint density at radius 2 is 1.89 bits per heavy atom. The Morgan fingerprint density at radius 3 is 2.64 bits per heavy atom. The smallest absolute Gasteiger partial charge is 0.230 e. The Morgan fingerprint density at radius 1 is 1.14 bits per heavy atom. The van der Waals surface area contributed by atoms with E-state index in [0.717, 1.165) is 19.6 Å². The van der Waals surface area contributed by atoms with E-state index in [1.54, 1.807) is 6.07 Å². The number of nitrogens with one attached hydrogen (secondary N) is 1. The molecule has 1 N–H and O–H groups in total. The molecule has 2 amide bonds. The maximum absolute atomic E-state index is 13.5. The van der Waals surface area contributed by atoms with Gasteiger partial charge in [0.1, 0.15) is 5.82 Å². The number of fused-ring (bicyclic) bond motifs is 1. The third-order valence-electron chi connectivity index (χ3n) is 5.69. The maximum atomic E-state index is 13.5. The lowest BCUT2D eigenvalue weighted by atomic mass is 9.89. The molecular weight excluding hydrogens is 357 g/mol. The van der Waals surface area contributed by atoms with Crippen molar-refractivity contribution >= 4 is 17.5 Å². The molecular formula is C22H24FN3O2. The topological polar surface area (TPSA) is 52.7 Å². The van der Waals surface area contributed by atoms with Gasteiger partial charge in [-0.25, -0.2) is 4.39 Å². The lowest BCUT2D eigenvalue weighted by Gasteiger charge is -2.37. The van der Waals surface area contributed by atoms with Crippen LogP contribution in [-0.2, 0) is 16.1 Å². The third kappa shape index (κ3) is 3.78. The van der Waals surface area contributed by atoms with Gasteiger partial charge in [0.05, 0.1) is 5.92 Å². The minimum atomic E-state index is -0.535. The molecule has 1 unspecified atom stereocenters. The highest BCUT2D eigenvalue weighted by Gasteiger charge is 2.34. The van der Waals surface area contributed by atoms with Crippen molar-refractivity contribution < 1.29 is 14.0 Å². The maximum Gasteiger partial charge on any atom is 0.230 e. The van der Waals surface area contributed by atoms with Crippen LogP contribution in [0.2, 0.25) is 0 Å². The second kappa shape index (κ2) is 7.72. The van der Waals surface area contributed by atoms with E-state index in [4.69, 9.17) is 0 Å². The van der Waals surface area contributed by atoms with Gasteiger partial charge in [-0.1, -0.05) is 30.3 Å². The second-order valence-corrected chi connectivity index (χ2v) is 7.56. The van der Waals surface area contributed by atoms with Gasteiger partial charge >= 0.3 is 0 Å². The Balaban J connectivity index is 1.42. The van der Waals surface area contributed by atoms with Gasteiger partial charge in [-0.3, -0.25) is 14.5 Å². The molecule has 2 aromatic carbocycles. The molecule has 1 saturated heterocycles. The summed E-state index contributed by atoms with van der Waals surface area (Å²) < 4.78 is 13.5. The summed E-state index contributed by atoms with van der Waals surface area (Å²) in [7, 11) is 0. The molecule has 2 aromatic rings. The van der Waals surface area contributed by atoms with Gasteiger partial charge in [-0.05, 0) is 35.7 Å². The fourth-order valence-electron chi connectivity index (χ4n) is 4.03. The Kier molecular flexibility index (Phi) is 5.13. The molecule has 1 fully saturated rings. The number of carbonyl (C=O) groups excluding carboxylic acids is 2. The SMILES string of the molecule is Cc1ccccc1CN1CCN(C(=O)C2CC(=O)Nc3cc(F)ccc32)CC1. The van der Waals surface area contributed by atoms with Crippen LogP contribution in [0.4, 0.5) is 10.1 Å². The quantitative estimate of drug-likeness (QED) is 0.890. The van der Waals surface area contributed by atoms with Crippen LogP contribution in [0.3, 0.4) is 0 Å². The van der Waals surface area contributed by atoms with Gasteiger partial charge in [0.25, 0.3) is 0 Å². The van der Waals surface area contributed by atoms with Crippen LogP contribution < -0.4 is 5.32 Å². The summed E-state index contributed by atoms with van der Waals surface area (Å²) in [5.74, 6) is -1.24. The molecule has 2 aliphatic rings. The van der Waals surface area contributed by atoms with E-state index >= 15 is 0 Å². The van der Waals surface area contributed by atoms with E-state index in [0.29, 0.717) is 24.3 Å². The first-order valence-electron chi connectivity index (χ1n) is 9.66. The van der Waals surface area contributed by atoms with Crippen LogP contribution in [-0.4, -0.2) is 47.8 Å². The normalized spacial score (nSPS) is 19.9. The molecule has 0 spiro atoms. The van der Waals surface area contributed by atoms with Crippen LogP contribution >= 0.6 is 0 Å². The number of piperazine rings is 1. The molecule has 0 bridgehead atoms. The number of rotatable bonds is 3. The first kappa shape index (κ1) is 18.6. The molecule has 2 heterocycles. The van der Waals surface area contributed by atoms with E-state index < -0.39 is 11.7 Å². The molecule has 146 valence electrons. The fraction of sp³-hybridized carbons (Fsp3) is 0.364. The number of nitrogens with zero attached hydrogens (tertiary/aromatic N) is 2. The summed E-state index contributed by atoms with van der Waals surface area (Å²) >= 11 is 0. The van der Waals surface area contributed by atoms with E-state index in [2.05, 4.69) is 35.3 Å². The number of amides is 2. The molecule has 0 saturated carbocycles. The average molecular weight is 381 g/mol. The minimum absolute atomic E-state index is 0.0433. The van der Waals surface area contributed by atoms with Crippen LogP contribution in [0.1, 0.15) is 29.0 Å². The van der Waals surface area contributed by atoms with Crippen molar-refractivity contribution in [3.8, 4) is 0 Å². The average Bonchev–Trinajstić information content (AvgIpc) is 2.69. The zero-order valence-electron chi connectivity index (χ0n) is 16.0. The second-order valence-electron chi connectivity index (χ2n) is 7.56. The molecule has 1 atom stereocenters. The predicted octanol–water partition coefficient (Wildman–Crippen LogP) is 2.90. The van der Waals surface area contributed by atoms with Crippen LogP contribution in [0.25, 0.3) is 0 Å². The van der Waals surface area contributed by atoms with Crippen molar-refractivity contribution in [1.82, 2.24) is 9.80 Å². The number of hydrogen-bond donors (Lipinski definition) is 1. The molecule has 6 heteroatoms. The van der Waals surface area contributed by atoms with E-state index in [1.807, 2.05) is 11.0 Å². The third-order valence-corrected chi connectivity index (χ3v) is 5.69. The first-order chi connectivity index (χ1) is 13.5. The first-order valence-corrected chi connectivity index (χ1v) is 9.66. The number of anilines is 1. The van der Waals surface area contributed by atoms with E-state index in [9.17, 15) is 14.0 Å². The number of hydrogen-bond acceptors (Lipinski definition) is 3. The molecule has 2 aliphatic heterocycles. The highest BCUT2D eigenvalue weighted by molar-refractivity contribution is 6.01. The van der Waals surface area contributed by atoms with Crippen molar-refractivity contribution in [3.63, 3.8) is 0 Å². The zero-order chi connectivity index (χ0) is 19.7. The summed E-state index contributed by atoms with van der Waals surface area (Å²) in [5.41, 5.74) is 3.70. The molecule has 0 aliphatic carbocycles. The zero-order valence-corrected chi connectivity index (χ0v) is 16.0. The van der Waals surface area contributed by atoms with Gasteiger partial charge in [-0.2, -0.15) is 0 Å². The van der Waals surface area contributed by atoms with Gasteiger partial charge in [-0.15, -0.1) is 0 Å². The monoisotopic (exact) mass is 381 g/mol. The van der Waals surface area contributed by atoms with E-state index in [1.165, 1.54) is 23.3 Å². The Labute approximate surface area is 164 Å². The minimum Gasteiger partial charge on any atom is -0.340 e. The summed E-state index contributed by atoms with van der Waals surface area (Å²) in [4.78, 5) is 29.3. The van der Waals surface area contributed by atoms with Crippen molar-refractivity contribution in [2.24, 2.45) is 0 Å². The van der Waals surface area contributed by atoms with Crippen LogP contribution in [0.15, 0.2) is 42.5 Å². The summed E-state index contributed by atoms with van der Waals surface area (Å²) in [6.07, 6.45) is 0.112. The molecule has 0 radical (unpaired) electrons. The van der Waals surface area contributed by atoms with Gasteiger partial charge < -0.3 is 10.2 Å². The van der Waals surface area contributed by atoms with Crippen LogP contribution in [0, 0.1) is 12.7 Å². The van der Waals surface area contributed by atoms with Crippen molar-refractivity contribution in [1.29, 1.82) is 0 Å². The number of carbonyl (C=O) groups is 2. The van der Waals surface area contributed by atoms with Gasteiger partial charge in [0.2, 0.25) is 11.8 Å². The Bertz CT molecular complexity index is 906. The van der Waals surface area contributed by atoms with Gasteiger partial charge in [0, 0.05) is 44.8 Å². The fourth-order valence-corrected chi connectivity index (χ4v) is 4.03. The molecule has 4 rings (SSSR count). The van der Waals surface area contributed by atoms with Crippen molar-refractivity contribution in [2.75, 3.05) is 31.5 Å². The lowest BCUT2D eigenvalue weighted by Crippen LogP contribution is -2.50. The van der Waals surface area contributed by atoms with Crippen LogP contribution in [0.5, 0.6) is 0 Å². The van der Waals surface area contributed by atoms with Gasteiger partial charge in [0.15, 0.2) is 0 Å². The summed E-state index contributed by atoms with van der Waals surface area (Å²) in [6, 6.07) is 12.6. The molecule has 28 heavy (non-hydrogen) atoms.